The van der Waals surface area contributed by atoms with Crippen molar-refractivity contribution in [3.05, 3.63) is 94.1 Å². The Morgan fingerprint density at radius 1 is 0.879 bits per heavy atom. The van der Waals surface area contributed by atoms with Crippen molar-refractivity contribution >= 4 is 40.7 Å². The van der Waals surface area contributed by atoms with E-state index in [0.717, 1.165) is 88.8 Å². The first kappa shape index (κ1) is 42.5. The number of carbonyl (C=O) groups excluding carboxylic acids is 1. The van der Waals surface area contributed by atoms with Crippen molar-refractivity contribution in [2.75, 3.05) is 18.0 Å². The Morgan fingerprint density at radius 3 is 2.34 bits per heavy atom. The van der Waals surface area contributed by atoms with Crippen molar-refractivity contribution in [1.82, 2.24) is 5.32 Å². The first-order chi connectivity index (χ1) is 28.1. The Labute approximate surface area is 355 Å². The number of nitrogens with one attached hydrogen (secondary N) is 1. The van der Waals surface area contributed by atoms with E-state index in [2.05, 4.69) is 116 Å². The van der Waals surface area contributed by atoms with Crippen LogP contribution in [0.2, 0.25) is 0 Å². The van der Waals surface area contributed by atoms with Crippen molar-refractivity contribution in [3.63, 3.8) is 0 Å². The second-order valence-electron chi connectivity index (χ2n) is 18.7. The van der Waals surface area contributed by atoms with Crippen LogP contribution >= 0.6 is 11.6 Å². The number of halogens is 1. The number of carbonyl (C=O) groups is 1. The van der Waals surface area contributed by atoms with E-state index >= 15 is 0 Å². The van der Waals surface area contributed by atoms with Crippen LogP contribution in [0, 0.1) is 0 Å². The number of unbranched alkanes of at least 4 members (excludes halogenated alkanes) is 2. The summed E-state index contributed by atoms with van der Waals surface area (Å²) in [5.74, 6) is -0.153. The molecule has 312 valence electrons. The van der Waals surface area contributed by atoms with E-state index in [1.807, 2.05) is 0 Å². The first-order valence-electron chi connectivity index (χ1n) is 23.0. The summed E-state index contributed by atoms with van der Waals surface area (Å²) in [6.45, 7) is 13.6. The third-order valence-electron chi connectivity index (χ3n) is 14.0. The highest BCUT2D eigenvalue weighted by molar-refractivity contribution is 6.32. The third kappa shape index (κ3) is 9.53. The molecule has 2 heterocycles. The van der Waals surface area contributed by atoms with E-state index in [1.165, 1.54) is 77.9 Å². The molecule has 1 atom stereocenters. The van der Waals surface area contributed by atoms with Crippen molar-refractivity contribution in [3.8, 4) is 0 Å². The second kappa shape index (κ2) is 19.2. The molecule has 2 saturated carbocycles. The molecular weight excluding hydrogens is 736 g/mol. The van der Waals surface area contributed by atoms with Gasteiger partial charge in [-0.25, -0.2) is 4.99 Å². The number of benzene rings is 2. The number of esters is 1. The maximum Gasteiger partial charge on any atom is 0.313 e. The molecule has 0 amide bonds. The number of amidine groups is 1. The zero-order valence-electron chi connectivity index (χ0n) is 36.3. The molecule has 1 unspecified atom stereocenters. The lowest BCUT2D eigenvalue weighted by Crippen LogP contribution is -2.41. The molecule has 58 heavy (non-hydrogen) atoms. The molecule has 7 heteroatoms. The summed E-state index contributed by atoms with van der Waals surface area (Å²) in [6, 6.07) is 19.2. The summed E-state index contributed by atoms with van der Waals surface area (Å²) >= 11 is 7.29. The molecule has 6 nitrogen and oxygen atoms in total. The number of ether oxygens (including phenoxy) is 1. The largest absolute Gasteiger partial charge is 0.393 e. The highest BCUT2D eigenvalue weighted by Crippen LogP contribution is 2.47. The van der Waals surface area contributed by atoms with Gasteiger partial charge in [0.1, 0.15) is 6.54 Å². The fourth-order valence-corrected chi connectivity index (χ4v) is 11.0. The van der Waals surface area contributed by atoms with E-state index in [1.54, 1.807) is 0 Å². The van der Waals surface area contributed by atoms with Crippen molar-refractivity contribution in [1.29, 1.82) is 0 Å². The van der Waals surface area contributed by atoms with Gasteiger partial charge in [0.2, 0.25) is 5.69 Å². The average molecular weight is 807 g/mol. The first-order valence-corrected chi connectivity index (χ1v) is 23.4. The standard InChI is InChI=1S/C51H70ClN4O2/c1-6-55-43-29-17-15-27-41(43)50(2,3)45(55)34-32-37-21-20-22-38(48(37)52)33-35-46-51(4,5)42-28-16-18-30-44(42)56(46)36-19-9-14-31-47(57)58-49(53-39-23-10-7-11-24-39)54-40-25-12-8-13-26-40/h15-18,27-30,32-34,39-40,46H,6-14,19-26,31,35-36H2,1-5H3,(H,53,54)/q+1/b34-32+,38-33-. The zero-order valence-corrected chi connectivity index (χ0v) is 37.0. The Bertz CT molecular complexity index is 1920. The van der Waals surface area contributed by atoms with Crippen LogP contribution in [0.3, 0.4) is 0 Å². The SMILES string of the molecule is CC[N+]1=C(/C=C/C2=C(Cl)C(=C\CC3N(CCCCCC(=O)OC(=NC4CCCCC4)NC4CCCCC4)c4ccccc4C3(C)C)/CCC2)C(C)(C)c2ccccc21. The summed E-state index contributed by atoms with van der Waals surface area (Å²) in [7, 11) is 0. The Hall–Kier alpha value is -3.64. The van der Waals surface area contributed by atoms with Gasteiger partial charge in [-0.2, -0.15) is 4.58 Å². The minimum atomic E-state index is -0.153. The number of hydrogen-bond acceptors (Lipinski definition) is 4. The molecule has 0 saturated heterocycles. The summed E-state index contributed by atoms with van der Waals surface area (Å²) in [4.78, 5) is 20.8. The van der Waals surface area contributed by atoms with Crippen molar-refractivity contribution < 1.29 is 14.1 Å². The predicted molar refractivity (Wildman–Crippen MR) is 243 cm³/mol. The fraction of sp³-hybridized carbons (Fsp3) is 0.588. The van der Waals surface area contributed by atoms with E-state index < -0.39 is 0 Å². The topological polar surface area (TPSA) is 56.9 Å². The lowest BCUT2D eigenvalue weighted by Gasteiger charge is -2.34. The number of para-hydroxylation sites is 2. The van der Waals surface area contributed by atoms with Gasteiger partial charge in [0.15, 0.2) is 5.71 Å². The number of allylic oxidation sites excluding steroid dienone is 5. The van der Waals surface area contributed by atoms with Gasteiger partial charge in [-0.1, -0.05) is 119 Å². The lowest BCUT2D eigenvalue weighted by molar-refractivity contribution is -0.433. The number of nitrogens with zero attached hydrogens (tertiary/aromatic N) is 3. The van der Waals surface area contributed by atoms with Gasteiger partial charge < -0.3 is 15.0 Å². The number of hydrogen-bond donors (Lipinski definition) is 1. The maximum atomic E-state index is 13.2. The summed E-state index contributed by atoms with van der Waals surface area (Å²) in [5.41, 5.74) is 9.27. The summed E-state index contributed by atoms with van der Waals surface area (Å²) in [6.07, 6.45) is 26.3. The highest BCUT2D eigenvalue weighted by atomic mass is 35.5. The van der Waals surface area contributed by atoms with E-state index in [4.69, 9.17) is 21.3 Å². The Morgan fingerprint density at radius 2 is 1.59 bits per heavy atom. The molecule has 5 aliphatic rings. The fourth-order valence-electron chi connectivity index (χ4n) is 10.6. The van der Waals surface area contributed by atoms with Crippen molar-refractivity contribution in [2.24, 2.45) is 4.99 Å². The molecule has 2 fully saturated rings. The average Bonchev–Trinajstić information content (AvgIpc) is 3.58. The quantitative estimate of drug-likeness (QED) is 0.0720. The van der Waals surface area contributed by atoms with Crippen LogP contribution in [0.5, 0.6) is 0 Å². The van der Waals surface area contributed by atoms with E-state index in [-0.39, 0.29) is 22.8 Å². The summed E-state index contributed by atoms with van der Waals surface area (Å²) < 4.78 is 8.43. The van der Waals surface area contributed by atoms with Gasteiger partial charge >= 0.3 is 5.97 Å². The van der Waals surface area contributed by atoms with Gasteiger partial charge in [0.25, 0.3) is 6.02 Å². The van der Waals surface area contributed by atoms with Gasteiger partial charge in [-0.05, 0) is 108 Å². The van der Waals surface area contributed by atoms with E-state index in [9.17, 15) is 4.79 Å². The van der Waals surface area contributed by atoms with E-state index in [0.29, 0.717) is 24.5 Å². The van der Waals surface area contributed by atoms with Crippen LogP contribution in [-0.4, -0.2) is 53.5 Å². The number of fused-ring (bicyclic) bond motifs is 2. The van der Waals surface area contributed by atoms with Gasteiger partial charge in [0.05, 0.1) is 11.5 Å². The normalized spacial score (nSPS) is 23.2. The predicted octanol–water partition coefficient (Wildman–Crippen LogP) is 12.5. The Kier molecular flexibility index (Phi) is 14.0. The number of aliphatic imine (C=N–C) groups is 1. The highest BCUT2D eigenvalue weighted by Gasteiger charge is 2.44. The smallest absolute Gasteiger partial charge is 0.313 e. The van der Waals surface area contributed by atoms with Crippen LogP contribution in [0.1, 0.15) is 161 Å². The molecule has 0 aromatic heterocycles. The lowest BCUT2D eigenvalue weighted by atomic mass is 9.78. The third-order valence-corrected chi connectivity index (χ3v) is 14.5. The monoisotopic (exact) mass is 806 g/mol. The molecule has 7 rings (SSSR count). The Balaban J connectivity index is 0.982. The van der Waals surface area contributed by atoms with Crippen molar-refractivity contribution in [2.45, 2.75) is 179 Å². The van der Waals surface area contributed by atoms with Gasteiger partial charge in [-0.3, -0.25) is 4.79 Å². The maximum absolute atomic E-state index is 13.2. The van der Waals surface area contributed by atoms with Crippen LogP contribution < -0.4 is 10.2 Å². The molecule has 1 N–H and O–H groups in total. The molecule has 2 aromatic rings. The molecule has 2 aliphatic heterocycles. The zero-order chi connectivity index (χ0) is 40.7. The molecule has 0 spiro atoms. The second-order valence-corrected chi connectivity index (χ2v) is 19.1. The molecular formula is C51H70ClN4O2+. The van der Waals surface area contributed by atoms with Crippen LogP contribution in [0.15, 0.2) is 87.9 Å². The minimum Gasteiger partial charge on any atom is -0.393 e. The van der Waals surface area contributed by atoms with Gasteiger partial charge in [-0.15, -0.1) is 0 Å². The molecule has 0 radical (unpaired) electrons. The van der Waals surface area contributed by atoms with Crippen LogP contribution in [-0.2, 0) is 20.4 Å². The number of anilines is 1. The minimum absolute atomic E-state index is 0.00619. The number of rotatable bonds is 13. The van der Waals surface area contributed by atoms with Crippen LogP contribution in [0.4, 0.5) is 11.4 Å². The van der Waals surface area contributed by atoms with Gasteiger partial charge in [0, 0.05) is 58.9 Å². The van der Waals surface area contributed by atoms with Crippen LogP contribution in [0.25, 0.3) is 0 Å². The molecule has 2 aromatic carbocycles. The summed E-state index contributed by atoms with van der Waals surface area (Å²) in [5, 5.41) is 4.48. The molecule has 0 bridgehead atoms. The molecule has 3 aliphatic carbocycles.